The molecular weight excluding hydrogens is 304 g/mol. The molecule has 0 aliphatic carbocycles. The average Bonchev–Trinajstić information content (AvgIpc) is 2.99. The van der Waals surface area contributed by atoms with E-state index in [1.807, 2.05) is 29.2 Å². The van der Waals surface area contributed by atoms with Crippen LogP contribution in [0.5, 0.6) is 0 Å². The Morgan fingerprint density at radius 3 is 2.88 bits per heavy atom. The number of amides is 2. The summed E-state index contributed by atoms with van der Waals surface area (Å²) >= 11 is 0. The van der Waals surface area contributed by atoms with E-state index < -0.39 is 0 Å². The fourth-order valence-electron chi connectivity index (χ4n) is 2.73. The van der Waals surface area contributed by atoms with Crippen LogP contribution in [0.15, 0.2) is 24.3 Å². The monoisotopic (exact) mass is 332 g/mol. The van der Waals surface area contributed by atoms with Crippen LogP contribution < -0.4 is 5.32 Å². The Bertz CT molecular complexity index is 545. The van der Waals surface area contributed by atoms with Crippen molar-refractivity contribution in [3.63, 3.8) is 0 Å². The molecule has 0 saturated carbocycles. The number of nitrogens with zero attached hydrogens (tertiary/aromatic N) is 1. The van der Waals surface area contributed by atoms with Gasteiger partial charge in [-0.2, -0.15) is 0 Å². The molecular formula is C19H28N2O3. The maximum atomic E-state index is 12.2. The normalized spacial score (nSPS) is 14.2. The van der Waals surface area contributed by atoms with Gasteiger partial charge in [-0.1, -0.05) is 25.5 Å². The molecule has 2 amide bonds. The lowest BCUT2D eigenvalue weighted by atomic mass is 10.1. The van der Waals surface area contributed by atoms with Gasteiger partial charge in [0.2, 0.25) is 5.91 Å². The van der Waals surface area contributed by atoms with Crippen LogP contribution in [0.1, 0.15) is 54.9 Å². The van der Waals surface area contributed by atoms with Gasteiger partial charge in [-0.25, -0.2) is 0 Å². The van der Waals surface area contributed by atoms with Gasteiger partial charge in [0.05, 0.1) is 0 Å². The van der Waals surface area contributed by atoms with Crippen LogP contribution in [-0.4, -0.2) is 43.0 Å². The maximum absolute atomic E-state index is 12.2. The fourth-order valence-corrected chi connectivity index (χ4v) is 2.73. The highest BCUT2D eigenvalue weighted by molar-refractivity contribution is 5.94. The third-order valence-electron chi connectivity index (χ3n) is 4.13. The molecule has 0 spiro atoms. The minimum Gasteiger partial charge on any atom is -0.381 e. The first-order valence-electron chi connectivity index (χ1n) is 8.93. The van der Waals surface area contributed by atoms with Gasteiger partial charge in [0, 0.05) is 44.8 Å². The zero-order valence-electron chi connectivity index (χ0n) is 14.6. The SMILES string of the molecule is CCCCOCCCNC(=O)c1cccc(CN2CCCC2=O)c1. The first-order chi connectivity index (χ1) is 11.7. The zero-order chi connectivity index (χ0) is 17.2. The molecule has 2 rings (SSSR count). The molecule has 132 valence electrons. The predicted molar refractivity (Wildman–Crippen MR) is 93.8 cm³/mol. The first-order valence-corrected chi connectivity index (χ1v) is 8.93. The fraction of sp³-hybridized carbons (Fsp3) is 0.579. The number of ether oxygens (including phenoxy) is 1. The second-order valence-corrected chi connectivity index (χ2v) is 6.19. The molecule has 1 aliphatic rings. The van der Waals surface area contributed by atoms with E-state index in [0.717, 1.165) is 44.4 Å². The second kappa shape index (κ2) is 10.1. The van der Waals surface area contributed by atoms with Crippen LogP contribution in [-0.2, 0) is 16.1 Å². The smallest absolute Gasteiger partial charge is 0.251 e. The molecule has 0 aromatic heterocycles. The van der Waals surface area contributed by atoms with E-state index in [0.29, 0.717) is 31.7 Å². The molecule has 1 aliphatic heterocycles. The van der Waals surface area contributed by atoms with Gasteiger partial charge in [-0.15, -0.1) is 0 Å². The molecule has 5 nitrogen and oxygen atoms in total. The maximum Gasteiger partial charge on any atom is 0.251 e. The summed E-state index contributed by atoms with van der Waals surface area (Å²) in [5.41, 5.74) is 1.65. The topological polar surface area (TPSA) is 58.6 Å². The first kappa shape index (κ1) is 18.5. The van der Waals surface area contributed by atoms with Crippen LogP contribution in [0, 0.1) is 0 Å². The Morgan fingerprint density at radius 2 is 2.12 bits per heavy atom. The van der Waals surface area contributed by atoms with Gasteiger partial charge in [-0.3, -0.25) is 9.59 Å². The van der Waals surface area contributed by atoms with Crippen LogP contribution in [0.25, 0.3) is 0 Å². The Hall–Kier alpha value is -1.88. The van der Waals surface area contributed by atoms with Crippen molar-refractivity contribution in [1.82, 2.24) is 10.2 Å². The molecule has 1 N–H and O–H groups in total. The van der Waals surface area contributed by atoms with Crippen molar-refractivity contribution in [2.75, 3.05) is 26.3 Å². The standard InChI is InChI=1S/C19H28N2O3/c1-2-3-12-24-13-6-10-20-19(23)17-8-4-7-16(14-17)15-21-11-5-9-18(21)22/h4,7-8,14H,2-3,5-6,9-13,15H2,1H3,(H,20,23). The molecule has 0 atom stereocenters. The lowest BCUT2D eigenvalue weighted by molar-refractivity contribution is -0.128. The van der Waals surface area contributed by atoms with E-state index in [1.54, 1.807) is 0 Å². The van der Waals surface area contributed by atoms with Crippen molar-refractivity contribution in [1.29, 1.82) is 0 Å². The summed E-state index contributed by atoms with van der Waals surface area (Å²) in [5, 5.41) is 2.92. The number of benzene rings is 1. The highest BCUT2D eigenvalue weighted by Crippen LogP contribution is 2.15. The van der Waals surface area contributed by atoms with Crippen molar-refractivity contribution < 1.29 is 14.3 Å². The number of carbonyl (C=O) groups is 2. The number of likely N-dealkylation sites (tertiary alicyclic amines) is 1. The number of hydrogen-bond acceptors (Lipinski definition) is 3. The molecule has 0 bridgehead atoms. The van der Waals surface area contributed by atoms with E-state index in [4.69, 9.17) is 4.74 Å². The third-order valence-corrected chi connectivity index (χ3v) is 4.13. The van der Waals surface area contributed by atoms with Gasteiger partial charge >= 0.3 is 0 Å². The van der Waals surface area contributed by atoms with Crippen LogP contribution >= 0.6 is 0 Å². The van der Waals surface area contributed by atoms with Crippen molar-refractivity contribution in [3.05, 3.63) is 35.4 Å². The number of rotatable bonds is 10. The van der Waals surface area contributed by atoms with E-state index in [9.17, 15) is 9.59 Å². The van der Waals surface area contributed by atoms with Crippen molar-refractivity contribution in [2.45, 2.75) is 45.6 Å². The van der Waals surface area contributed by atoms with E-state index in [-0.39, 0.29) is 11.8 Å². The van der Waals surface area contributed by atoms with Crippen molar-refractivity contribution >= 4 is 11.8 Å². The summed E-state index contributed by atoms with van der Waals surface area (Å²) < 4.78 is 5.48. The molecule has 1 heterocycles. The Kier molecular flexibility index (Phi) is 7.75. The highest BCUT2D eigenvalue weighted by Gasteiger charge is 2.20. The molecule has 1 saturated heterocycles. The van der Waals surface area contributed by atoms with Crippen molar-refractivity contribution in [3.8, 4) is 0 Å². The molecule has 1 aromatic rings. The van der Waals surface area contributed by atoms with Crippen molar-refractivity contribution in [2.24, 2.45) is 0 Å². The Morgan fingerprint density at radius 1 is 1.29 bits per heavy atom. The third kappa shape index (κ3) is 5.96. The zero-order valence-corrected chi connectivity index (χ0v) is 14.6. The average molecular weight is 332 g/mol. The summed E-state index contributed by atoms with van der Waals surface area (Å²) in [6, 6.07) is 7.52. The number of hydrogen-bond donors (Lipinski definition) is 1. The summed E-state index contributed by atoms with van der Waals surface area (Å²) in [5.74, 6) is 0.131. The Balaban J connectivity index is 1.74. The predicted octanol–water partition coefficient (Wildman–Crippen LogP) is 2.75. The number of nitrogens with one attached hydrogen (secondary N) is 1. The van der Waals surface area contributed by atoms with Gasteiger partial charge < -0.3 is 15.0 Å². The molecule has 24 heavy (non-hydrogen) atoms. The molecule has 1 aromatic carbocycles. The summed E-state index contributed by atoms with van der Waals surface area (Å²) in [6.45, 7) is 5.62. The lowest BCUT2D eigenvalue weighted by Crippen LogP contribution is -2.26. The molecule has 5 heteroatoms. The van der Waals surface area contributed by atoms with E-state index in [2.05, 4.69) is 12.2 Å². The van der Waals surface area contributed by atoms with Gasteiger partial charge in [0.25, 0.3) is 5.91 Å². The van der Waals surface area contributed by atoms with E-state index in [1.165, 1.54) is 0 Å². The van der Waals surface area contributed by atoms with E-state index >= 15 is 0 Å². The van der Waals surface area contributed by atoms with Gasteiger partial charge in [0.15, 0.2) is 0 Å². The quantitative estimate of drug-likeness (QED) is 0.670. The lowest BCUT2D eigenvalue weighted by Gasteiger charge is -2.16. The molecule has 1 fully saturated rings. The Labute approximate surface area is 144 Å². The molecule has 0 unspecified atom stereocenters. The summed E-state index contributed by atoms with van der Waals surface area (Å²) in [6.07, 6.45) is 4.60. The molecule has 0 radical (unpaired) electrons. The van der Waals surface area contributed by atoms with Gasteiger partial charge in [0.1, 0.15) is 0 Å². The minimum absolute atomic E-state index is 0.0712. The van der Waals surface area contributed by atoms with Crippen LogP contribution in [0.3, 0.4) is 0 Å². The largest absolute Gasteiger partial charge is 0.381 e. The second-order valence-electron chi connectivity index (χ2n) is 6.19. The van der Waals surface area contributed by atoms with Gasteiger partial charge in [-0.05, 0) is 37.0 Å². The minimum atomic E-state index is -0.0712. The number of unbranched alkanes of at least 4 members (excludes halogenated alkanes) is 1. The summed E-state index contributed by atoms with van der Waals surface area (Å²) in [4.78, 5) is 25.8. The highest BCUT2D eigenvalue weighted by atomic mass is 16.5. The number of carbonyl (C=O) groups excluding carboxylic acids is 2. The van der Waals surface area contributed by atoms with Crippen LogP contribution in [0.4, 0.5) is 0 Å². The van der Waals surface area contributed by atoms with Crippen LogP contribution in [0.2, 0.25) is 0 Å². The summed E-state index contributed by atoms with van der Waals surface area (Å²) in [7, 11) is 0.